The summed E-state index contributed by atoms with van der Waals surface area (Å²) >= 11 is 0. The number of aromatic nitrogens is 2. The third-order valence-electron chi connectivity index (χ3n) is 6.92. The van der Waals surface area contributed by atoms with Gasteiger partial charge in [0.05, 0.1) is 18.1 Å². The van der Waals surface area contributed by atoms with Crippen molar-refractivity contribution in [3.63, 3.8) is 0 Å². The fourth-order valence-corrected chi connectivity index (χ4v) is 4.69. The Morgan fingerprint density at radius 1 is 0.919 bits per heavy atom. The van der Waals surface area contributed by atoms with Crippen LogP contribution in [0, 0.1) is 0 Å². The van der Waals surface area contributed by atoms with Crippen LogP contribution in [-0.2, 0) is 13.5 Å². The summed E-state index contributed by atoms with van der Waals surface area (Å²) in [7, 11) is 3.62. The number of hydrogen-bond donors (Lipinski definition) is 1. The van der Waals surface area contributed by atoms with Crippen LogP contribution in [0.2, 0.25) is 0 Å². The second kappa shape index (κ2) is 10.8. The van der Waals surface area contributed by atoms with Gasteiger partial charge in [-0.3, -0.25) is 14.5 Å². The van der Waals surface area contributed by atoms with E-state index in [4.69, 9.17) is 9.72 Å². The van der Waals surface area contributed by atoms with Crippen molar-refractivity contribution in [1.82, 2.24) is 19.4 Å². The number of rotatable bonds is 7. The zero-order chi connectivity index (χ0) is 25.8. The van der Waals surface area contributed by atoms with Gasteiger partial charge < -0.3 is 19.5 Å². The van der Waals surface area contributed by atoms with Crippen molar-refractivity contribution >= 4 is 28.5 Å². The molecule has 190 valence electrons. The predicted octanol–water partition coefficient (Wildman–Crippen LogP) is 3.83. The molecule has 4 aromatic rings. The zero-order valence-electron chi connectivity index (χ0n) is 21.2. The van der Waals surface area contributed by atoms with Gasteiger partial charge in [0.2, 0.25) is 0 Å². The van der Waals surface area contributed by atoms with Crippen LogP contribution < -0.4 is 10.1 Å². The van der Waals surface area contributed by atoms with Crippen LogP contribution in [0.1, 0.15) is 26.5 Å². The number of benzene rings is 3. The molecule has 0 radical (unpaired) electrons. The lowest BCUT2D eigenvalue weighted by Gasteiger charge is -2.34. The third kappa shape index (κ3) is 5.49. The highest BCUT2D eigenvalue weighted by Gasteiger charge is 2.22. The van der Waals surface area contributed by atoms with Crippen LogP contribution in [0.15, 0.2) is 72.8 Å². The maximum absolute atomic E-state index is 12.7. The number of ether oxygens (including phenoxy) is 1. The van der Waals surface area contributed by atoms with Crippen molar-refractivity contribution < 1.29 is 14.3 Å². The third-order valence-corrected chi connectivity index (χ3v) is 6.92. The van der Waals surface area contributed by atoms with Gasteiger partial charge in [-0.1, -0.05) is 18.2 Å². The Kier molecular flexibility index (Phi) is 7.18. The molecule has 0 aliphatic carbocycles. The molecular weight excluding hydrogens is 466 g/mol. The summed E-state index contributed by atoms with van der Waals surface area (Å²) in [5.74, 6) is 1.63. The number of methoxy groups -OCH3 is 1. The summed E-state index contributed by atoms with van der Waals surface area (Å²) in [5.41, 5.74) is 3.89. The standard InChI is InChI=1S/C29H31N5O3/c1-32-26-13-10-23(30-28(35)21-8-11-24(37-2)12-9-21)20-25(26)31-27(32)14-15-33-16-18-34(19-17-33)29(36)22-6-4-3-5-7-22/h3-13,20H,14-19H2,1-2H3,(H,30,35). The summed E-state index contributed by atoms with van der Waals surface area (Å²) in [6.45, 7) is 4.04. The predicted molar refractivity (Wildman–Crippen MR) is 144 cm³/mol. The van der Waals surface area contributed by atoms with E-state index in [1.807, 2.05) is 60.5 Å². The molecule has 2 amide bonds. The zero-order valence-corrected chi connectivity index (χ0v) is 21.2. The molecule has 0 atom stereocenters. The van der Waals surface area contributed by atoms with Gasteiger partial charge in [0.25, 0.3) is 11.8 Å². The molecule has 1 N–H and O–H groups in total. The van der Waals surface area contributed by atoms with Crippen LogP contribution >= 0.6 is 0 Å². The van der Waals surface area contributed by atoms with Gasteiger partial charge in [0.1, 0.15) is 11.6 Å². The maximum atomic E-state index is 12.7. The first-order chi connectivity index (χ1) is 18.0. The van der Waals surface area contributed by atoms with E-state index in [0.29, 0.717) is 17.0 Å². The number of imidazole rings is 1. The molecule has 1 aromatic heterocycles. The monoisotopic (exact) mass is 497 g/mol. The quantitative estimate of drug-likeness (QED) is 0.420. The van der Waals surface area contributed by atoms with Gasteiger partial charge in [-0.25, -0.2) is 4.98 Å². The molecule has 0 saturated carbocycles. The molecule has 1 aliphatic heterocycles. The highest BCUT2D eigenvalue weighted by molar-refractivity contribution is 6.05. The lowest BCUT2D eigenvalue weighted by atomic mass is 10.2. The van der Waals surface area contributed by atoms with E-state index >= 15 is 0 Å². The summed E-state index contributed by atoms with van der Waals surface area (Å²) in [6.07, 6.45) is 0.811. The number of aryl methyl sites for hydroxylation is 1. The Morgan fingerprint density at radius 2 is 1.65 bits per heavy atom. The van der Waals surface area contributed by atoms with Crippen molar-refractivity contribution in [3.8, 4) is 5.75 Å². The van der Waals surface area contributed by atoms with E-state index in [1.165, 1.54) is 0 Å². The van der Waals surface area contributed by atoms with Crippen LogP contribution in [-0.4, -0.2) is 71.0 Å². The van der Waals surface area contributed by atoms with Gasteiger partial charge >= 0.3 is 0 Å². The Bertz CT molecular complexity index is 1390. The van der Waals surface area contributed by atoms with Gasteiger partial charge in [-0.15, -0.1) is 0 Å². The molecule has 37 heavy (non-hydrogen) atoms. The molecule has 8 heteroatoms. The maximum Gasteiger partial charge on any atom is 0.255 e. The Hall–Kier alpha value is -4.17. The number of carbonyl (C=O) groups excluding carboxylic acids is 2. The molecule has 0 spiro atoms. The average Bonchev–Trinajstić information content (AvgIpc) is 3.26. The van der Waals surface area contributed by atoms with Crippen LogP contribution in [0.5, 0.6) is 5.75 Å². The smallest absolute Gasteiger partial charge is 0.255 e. The number of amides is 2. The highest BCUT2D eigenvalue weighted by Crippen LogP contribution is 2.21. The summed E-state index contributed by atoms with van der Waals surface area (Å²) < 4.78 is 7.27. The van der Waals surface area contributed by atoms with Crippen molar-refractivity contribution in [1.29, 1.82) is 0 Å². The lowest BCUT2D eigenvalue weighted by molar-refractivity contribution is 0.0637. The largest absolute Gasteiger partial charge is 0.497 e. The van der Waals surface area contributed by atoms with Gasteiger partial charge in [-0.05, 0) is 54.6 Å². The van der Waals surface area contributed by atoms with Crippen LogP contribution in [0.4, 0.5) is 5.69 Å². The average molecular weight is 498 g/mol. The molecule has 0 unspecified atom stereocenters. The van der Waals surface area contributed by atoms with E-state index in [-0.39, 0.29) is 11.8 Å². The number of hydrogen-bond acceptors (Lipinski definition) is 5. The molecule has 1 fully saturated rings. The van der Waals surface area contributed by atoms with E-state index in [1.54, 1.807) is 31.4 Å². The number of fused-ring (bicyclic) bond motifs is 1. The molecule has 5 rings (SSSR count). The van der Waals surface area contributed by atoms with Crippen molar-refractivity contribution in [2.45, 2.75) is 6.42 Å². The fraction of sp³-hybridized carbons (Fsp3) is 0.276. The second-order valence-electron chi connectivity index (χ2n) is 9.22. The Balaban J connectivity index is 1.18. The molecule has 8 nitrogen and oxygen atoms in total. The minimum Gasteiger partial charge on any atom is -0.497 e. The number of nitrogens with zero attached hydrogens (tertiary/aromatic N) is 4. The van der Waals surface area contributed by atoms with Crippen molar-refractivity contribution in [2.24, 2.45) is 7.05 Å². The Labute approximate surface area is 216 Å². The molecule has 2 heterocycles. The van der Waals surface area contributed by atoms with Crippen LogP contribution in [0.25, 0.3) is 11.0 Å². The first kappa shape index (κ1) is 24.5. The van der Waals surface area contributed by atoms with E-state index < -0.39 is 0 Å². The molecule has 1 aliphatic rings. The minimum absolute atomic E-state index is 0.102. The summed E-state index contributed by atoms with van der Waals surface area (Å²) in [6, 6.07) is 22.3. The molecular formula is C29H31N5O3. The van der Waals surface area contributed by atoms with Gasteiger partial charge in [0.15, 0.2) is 0 Å². The van der Waals surface area contributed by atoms with Crippen molar-refractivity contribution in [2.75, 3.05) is 45.2 Å². The molecule has 3 aromatic carbocycles. The van der Waals surface area contributed by atoms with Gasteiger partial charge in [-0.2, -0.15) is 0 Å². The minimum atomic E-state index is -0.178. The molecule has 1 saturated heterocycles. The summed E-state index contributed by atoms with van der Waals surface area (Å²) in [5, 5.41) is 2.96. The van der Waals surface area contributed by atoms with E-state index in [0.717, 1.165) is 61.6 Å². The number of piperazine rings is 1. The Morgan fingerprint density at radius 3 is 2.35 bits per heavy atom. The van der Waals surface area contributed by atoms with Crippen molar-refractivity contribution in [3.05, 3.63) is 89.7 Å². The summed E-state index contributed by atoms with van der Waals surface area (Å²) in [4.78, 5) is 34.5. The lowest BCUT2D eigenvalue weighted by Crippen LogP contribution is -2.49. The number of nitrogens with one attached hydrogen (secondary N) is 1. The van der Waals surface area contributed by atoms with Crippen LogP contribution in [0.3, 0.4) is 0 Å². The normalized spacial score (nSPS) is 14.1. The number of carbonyl (C=O) groups is 2. The topological polar surface area (TPSA) is 79.7 Å². The van der Waals surface area contributed by atoms with E-state index in [2.05, 4.69) is 14.8 Å². The fourth-order valence-electron chi connectivity index (χ4n) is 4.69. The SMILES string of the molecule is COc1ccc(C(=O)Nc2ccc3c(c2)nc(CCN2CCN(C(=O)c4ccccc4)CC2)n3C)cc1. The first-order valence-electron chi connectivity index (χ1n) is 12.5. The number of anilines is 1. The first-order valence-corrected chi connectivity index (χ1v) is 12.5. The van der Waals surface area contributed by atoms with E-state index in [9.17, 15) is 9.59 Å². The second-order valence-corrected chi connectivity index (χ2v) is 9.22. The highest BCUT2D eigenvalue weighted by atomic mass is 16.5. The van der Waals surface area contributed by atoms with Gasteiger partial charge in [0, 0.05) is 63.0 Å². The molecule has 0 bridgehead atoms.